The third-order valence-electron chi connectivity index (χ3n) is 2.23. The van der Waals surface area contributed by atoms with E-state index in [1.165, 1.54) is 30.8 Å². The van der Waals surface area contributed by atoms with Gasteiger partial charge in [-0.3, -0.25) is 0 Å². The molecule has 0 aliphatic rings. The number of nitrogens with zero attached hydrogens (tertiary/aromatic N) is 3. The van der Waals surface area contributed by atoms with Crippen LogP contribution in [0.2, 0.25) is 0 Å². The highest BCUT2D eigenvalue weighted by Crippen LogP contribution is 2.16. The van der Waals surface area contributed by atoms with E-state index in [1.807, 2.05) is 0 Å². The molecule has 0 aliphatic heterocycles. The number of aryl methyl sites for hydroxylation is 1. The van der Waals surface area contributed by atoms with Crippen molar-refractivity contribution in [2.45, 2.75) is 32.6 Å². The van der Waals surface area contributed by atoms with E-state index in [4.69, 9.17) is 0 Å². The van der Waals surface area contributed by atoms with E-state index in [1.54, 1.807) is 0 Å². The molecular weight excluding hydrogens is 274 g/mol. The van der Waals surface area contributed by atoms with Crippen LogP contribution in [0.25, 0.3) is 0 Å². The smallest absolute Gasteiger partial charge is 0.204 e. The summed E-state index contributed by atoms with van der Waals surface area (Å²) in [6.45, 7) is 3.16. The predicted octanol–water partition coefficient (Wildman–Crippen LogP) is 3.10. The lowest BCUT2D eigenvalue weighted by molar-refractivity contribution is 0.709. The summed E-state index contributed by atoms with van der Waals surface area (Å²) in [5.41, 5.74) is 0. The summed E-state index contributed by atoms with van der Waals surface area (Å²) in [7, 11) is 2.09. The van der Waals surface area contributed by atoms with Gasteiger partial charge in [0.2, 0.25) is 5.13 Å². The fourth-order valence-corrected chi connectivity index (χ4v) is 2.39. The lowest BCUT2D eigenvalue weighted by atomic mass is 10.2. The Balaban J connectivity index is 2.29. The first kappa shape index (κ1) is 12.9. The zero-order chi connectivity index (χ0) is 11.1. The van der Waals surface area contributed by atoms with E-state index in [2.05, 4.69) is 44.2 Å². The molecular formula is C10H18BrN3S. The maximum atomic E-state index is 4.45. The number of alkyl halides is 1. The van der Waals surface area contributed by atoms with E-state index >= 15 is 0 Å². The van der Waals surface area contributed by atoms with Gasteiger partial charge in [-0.2, -0.15) is 4.37 Å². The van der Waals surface area contributed by atoms with Crippen molar-refractivity contribution in [1.82, 2.24) is 9.36 Å². The van der Waals surface area contributed by atoms with Crippen LogP contribution in [0.5, 0.6) is 0 Å². The van der Waals surface area contributed by atoms with Crippen molar-refractivity contribution in [2.24, 2.45) is 0 Å². The summed E-state index contributed by atoms with van der Waals surface area (Å²) in [5, 5.41) is 2.15. The Hall–Kier alpha value is -0.160. The molecule has 15 heavy (non-hydrogen) atoms. The van der Waals surface area contributed by atoms with E-state index in [0.29, 0.717) is 0 Å². The van der Waals surface area contributed by atoms with Crippen LogP contribution in [0.3, 0.4) is 0 Å². The number of unbranched alkanes of at least 4 members (excludes halogenated alkanes) is 2. The van der Waals surface area contributed by atoms with Crippen molar-refractivity contribution in [1.29, 1.82) is 0 Å². The van der Waals surface area contributed by atoms with Crippen LogP contribution in [0.15, 0.2) is 0 Å². The molecule has 0 fully saturated rings. The van der Waals surface area contributed by atoms with E-state index in [9.17, 15) is 0 Å². The van der Waals surface area contributed by atoms with Crippen molar-refractivity contribution in [3.8, 4) is 0 Å². The predicted molar refractivity (Wildman–Crippen MR) is 70.2 cm³/mol. The molecule has 5 heteroatoms. The zero-order valence-corrected chi connectivity index (χ0v) is 11.8. The van der Waals surface area contributed by atoms with Gasteiger partial charge in [-0.1, -0.05) is 29.3 Å². The molecule has 1 rings (SSSR count). The van der Waals surface area contributed by atoms with Crippen molar-refractivity contribution in [3.63, 3.8) is 0 Å². The Morgan fingerprint density at radius 2 is 2.13 bits per heavy atom. The Kier molecular flexibility index (Phi) is 6.17. The normalized spacial score (nSPS) is 10.6. The SMILES string of the molecule is CCc1nsc(N(C)CCCCCBr)n1. The summed E-state index contributed by atoms with van der Waals surface area (Å²) >= 11 is 4.94. The average molecular weight is 292 g/mol. The molecule has 0 N–H and O–H groups in total. The van der Waals surface area contributed by atoms with Crippen molar-refractivity contribution in [2.75, 3.05) is 23.8 Å². The molecule has 0 saturated heterocycles. The van der Waals surface area contributed by atoms with E-state index in [-0.39, 0.29) is 0 Å². The molecule has 0 radical (unpaired) electrons. The molecule has 0 aromatic carbocycles. The van der Waals surface area contributed by atoms with E-state index < -0.39 is 0 Å². The van der Waals surface area contributed by atoms with Crippen LogP contribution in [-0.2, 0) is 6.42 Å². The highest BCUT2D eigenvalue weighted by Gasteiger charge is 2.06. The first-order chi connectivity index (χ1) is 7.27. The van der Waals surface area contributed by atoms with Gasteiger partial charge in [0.25, 0.3) is 0 Å². The minimum atomic E-state index is 0.925. The molecule has 1 aromatic rings. The van der Waals surface area contributed by atoms with Gasteiger partial charge >= 0.3 is 0 Å². The van der Waals surface area contributed by atoms with Crippen molar-refractivity contribution < 1.29 is 0 Å². The van der Waals surface area contributed by atoms with Crippen molar-refractivity contribution in [3.05, 3.63) is 5.82 Å². The molecule has 86 valence electrons. The average Bonchev–Trinajstić information content (AvgIpc) is 2.72. The Labute approximate surface area is 104 Å². The number of aromatic nitrogens is 2. The molecule has 0 saturated carbocycles. The van der Waals surface area contributed by atoms with Crippen molar-refractivity contribution >= 4 is 32.6 Å². The Bertz CT molecular complexity index is 277. The largest absolute Gasteiger partial charge is 0.350 e. The minimum Gasteiger partial charge on any atom is -0.350 e. The topological polar surface area (TPSA) is 29.0 Å². The van der Waals surface area contributed by atoms with Gasteiger partial charge in [-0.15, -0.1) is 0 Å². The minimum absolute atomic E-state index is 0.925. The van der Waals surface area contributed by atoms with Crippen LogP contribution in [0.1, 0.15) is 32.0 Å². The fourth-order valence-electron chi connectivity index (χ4n) is 1.26. The second-order valence-electron chi connectivity index (χ2n) is 3.52. The molecule has 0 amide bonds. The molecule has 0 aliphatic carbocycles. The van der Waals surface area contributed by atoms with Gasteiger partial charge in [-0.05, 0) is 12.8 Å². The highest BCUT2D eigenvalue weighted by atomic mass is 79.9. The first-order valence-corrected chi connectivity index (χ1v) is 7.27. The monoisotopic (exact) mass is 291 g/mol. The summed E-state index contributed by atoms with van der Waals surface area (Å²) in [6, 6.07) is 0. The van der Waals surface area contributed by atoms with Gasteiger partial charge in [0.1, 0.15) is 5.82 Å². The number of rotatable bonds is 7. The number of halogens is 1. The number of hydrogen-bond donors (Lipinski definition) is 0. The van der Waals surface area contributed by atoms with Gasteiger partial charge in [0, 0.05) is 36.9 Å². The molecule has 0 unspecified atom stereocenters. The third kappa shape index (κ3) is 4.47. The lowest BCUT2D eigenvalue weighted by Crippen LogP contribution is -2.18. The first-order valence-electron chi connectivity index (χ1n) is 5.37. The molecule has 0 spiro atoms. The maximum Gasteiger partial charge on any atom is 0.204 e. The zero-order valence-electron chi connectivity index (χ0n) is 9.37. The van der Waals surface area contributed by atoms with Gasteiger partial charge < -0.3 is 4.90 Å². The summed E-state index contributed by atoms with van der Waals surface area (Å²) < 4.78 is 4.28. The van der Waals surface area contributed by atoms with Crippen LogP contribution in [0, 0.1) is 0 Å². The molecule has 1 heterocycles. The van der Waals surface area contributed by atoms with Crippen LogP contribution < -0.4 is 4.90 Å². The third-order valence-corrected chi connectivity index (χ3v) is 3.66. The number of anilines is 1. The fraction of sp³-hybridized carbons (Fsp3) is 0.800. The van der Waals surface area contributed by atoms with Crippen LogP contribution >= 0.6 is 27.5 Å². The summed E-state index contributed by atoms with van der Waals surface area (Å²) in [6.07, 6.45) is 4.68. The van der Waals surface area contributed by atoms with Gasteiger partial charge in [-0.25, -0.2) is 4.98 Å². The number of hydrogen-bond acceptors (Lipinski definition) is 4. The standard InChI is InChI=1S/C10H18BrN3S/c1-3-9-12-10(15-13-9)14(2)8-6-4-5-7-11/h3-8H2,1-2H3. The lowest BCUT2D eigenvalue weighted by Gasteiger charge is -2.14. The maximum absolute atomic E-state index is 4.45. The summed E-state index contributed by atoms with van der Waals surface area (Å²) in [4.78, 5) is 6.65. The quantitative estimate of drug-likeness (QED) is 0.571. The van der Waals surface area contributed by atoms with Gasteiger partial charge in [0.15, 0.2) is 0 Å². The molecule has 3 nitrogen and oxygen atoms in total. The van der Waals surface area contributed by atoms with Crippen LogP contribution in [0.4, 0.5) is 5.13 Å². The Morgan fingerprint density at radius 1 is 1.33 bits per heavy atom. The second-order valence-corrected chi connectivity index (χ2v) is 5.04. The molecule has 0 atom stereocenters. The Morgan fingerprint density at radius 3 is 2.73 bits per heavy atom. The van der Waals surface area contributed by atoms with Crippen LogP contribution in [-0.4, -0.2) is 28.3 Å². The molecule has 1 aromatic heterocycles. The van der Waals surface area contributed by atoms with Gasteiger partial charge in [0.05, 0.1) is 0 Å². The highest BCUT2D eigenvalue weighted by molar-refractivity contribution is 9.09. The molecule has 0 bridgehead atoms. The second kappa shape index (κ2) is 7.17. The summed E-state index contributed by atoms with van der Waals surface area (Å²) in [5.74, 6) is 0.960. The van der Waals surface area contributed by atoms with E-state index in [0.717, 1.165) is 29.3 Å².